The van der Waals surface area contributed by atoms with Crippen molar-refractivity contribution >= 4 is 41.1 Å². The molecule has 1 N–H and O–H groups in total. The highest BCUT2D eigenvalue weighted by Crippen LogP contribution is 2.10. The van der Waals surface area contributed by atoms with E-state index in [1.54, 1.807) is 40.9 Å². The van der Waals surface area contributed by atoms with Gasteiger partial charge in [-0.25, -0.2) is 4.79 Å². The van der Waals surface area contributed by atoms with Crippen LogP contribution in [0.4, 0.5) is 0 Å². The summed E-state index contributed by atoms with van der Waals surface area (Å²) in [5.74, 6) is -0.581. The van der Waals surface area contributed by atoms with Gasteiger partial charge in [0.25, 0.3) is 11.8 Å². The number of likely N-dealkylation sites (N-methyl/N-ethyl adjacent to an activating group) is 1. The Bertz CT molecular complexity index is 606. The summed E-state index contributed by atoms with van der Waals surface area (Å²) in [5, 5.41) is 3.20. The normalized spacial score (nSPS) is 11.5. The van der Waals surface area contributed by atoms with Crippen molar-refractivity contribution in [2.75, 3.05) is 31.7 Å². The Morgan fingerprint density at radius 3 is 2.35 bits per heavy atom. The van der Waals surface area contributed by atoms with Gasteiger partial charge in [0.05, 0.1) is 0 Å². The van der Waals surface area contributed by atoms with E-state index in [4.69, 9.17) is 16.3 Å². The summed E-state index contributed by atoms with van der Waals surface area (Å²) in [4.78, 5) is 38.2. The molecule has 8 heteroatoms. The second-order valence-electron chi connectivity index (χ2n) is 5.49. The fraction of sp³-hybridized carbons (Fsp3) is 0.500. The maximum absolute atomic E-state index is 12.3. The zero-order valence-electron chi connectivity index (χ0n) is 15.3. The number of benzene rings is 1. The molecule has 26 heavy (non-hydrogen) atoms. The predicted molar refractivity (Wildman–Crippen MR) is 105 cm³/mol. The van der Waals surface area contributed by atoms with Crippen LogP contribution in [0.5, 0.6) is 0 Å². The molecule has 1 rings (SSSR count). The largest absolute Gasteiger partial charge is 0.454 e. The lowest BCUT2D eigenvalue weighted by Gasteiger charge is -2.20. The van der Waals surface area contributed by atoms with Crippen LogP contribution in [0.15, 0.2) is 24.3 Å². The van der Waals surface area contributed by atoms with Crippen molar-refractivity contribution in [2.24, 2.45) is 0 Å². The Balaban J connectivity index is 2.69. The molecule has 0 aliphatic carbocycles. The first-order valence-corrected chi connectivity index (χ1v) is 10.2. The summed E-state index contributed by atoms with van der Waals surface area (Å²) >= 11 is 7.37. The number of nitrogens with one attached hydrogen (secondary N) is 1. The minimum absolute atomic E-state index is 0.254. The van der Waals surface area contributed by atoms with Crippen molar-refractivity contribution in [3.05, 3.63) is 34.9 Å². The molecule has 0 unspecified atom stereocenters. The van der Waals surface area contributed by atoms with E-state index in [0.29, 0.717) is 35.8 Å². The molecule has 0 fully saturated rings. The summed E-state index contributed by atoms with van der Waals surface area (Å²) < 4.78 is 5.13. The molecule has 144 valence electrons. The molecule has 0 saturated heterocycles. The number of hydrogen-bond donors (Lipinski definition) is 1. The average Bonchev–Trinajstić information content (AvgIpc) is 2.64. The van der Waals surface area contributed by atoms with Gasteiger partial charge < -0.3 is 15.0 Å². The number of nitrogens with zero attached hydrogens (tertiary/aromatic N) is 1. The van der Waals surface area contributed by atoms with Gasteiger partial charge in [-0.1, -0.05) is 11.6 Å². The van der Waals surface area contributed by atoms with Crippen LogP contribution < -0.4 is 5.32 Å². The third kappa shape index (κ3) is 7.25. The molecule has 6 nitrogen and oxygen atoms in total. The lowest BCUT2D eigenvalue weighted by Crippen LogP contribution is -2.43. The van der Waals surface area contributed by atoms with Crippen molar-refractivity contribution < 1.29 is 19.1 Å². The molecule has 1 atom stereocenters. The zero-order chi connectivity index (χ0) is 19.5. The second kappa shape index (κ2) is 11.8. The van der Waals surface area contributed by atoms with Crippen LogP contribution >= 0.6 is 23.4 Å². The number of amides is 2. The average molecular weight is 401 g/mol. The Morgan fingerprint density at radius 1 is 1.19 bits per heavy atom. The van der Waals surface area contributed by atoms with Crippen LogP contribution in [0.2, 0.25) is 5.02 Å². The first kappa shape index (κ1) is 22.3. The number of rotatable bonds is 10. The number of carbonyl (C=O) groups is 3. The topological polar surface area (TPSA) is 75.7 Å². The van der Waals surface area contributed by atoms with Gasteiger partial charge in [0.15, 0.2) is 6.61 Å². The first-order chi connectivity index (χ1) is 12.4. The van der Waals surface area contributed by atoms with Gasteiger partial charge in [0, 0.05) is 23.7 Å². The van der Waals surface area contributed by atoms with Gasteiger partial charge in [-0.15, -0.1) is 0 Å². The summed E-state index contributed by atoms with van der Waals surface area (Å²) in [6.45, 7) is 4.49. The summed E-state index contributed by atoms with van der Waals surface area (Å²) in [7, 11) is 0. The quantitative estimate of drug-likeness (QED) is 0.611. The highest BCUT2D eigenvalue weighted by molar-refractivity contribution is 7.98. The highest BCUT2D eigenvalue weighted by Gasteiger charge is 2.24. The maximum atomic E-state index is 12.3. The lowest BCUT2D eigenvalue weighted by atomic mass is 10.1. The predicted octanol–water partition coefficient (Wildman–Crippen LogP) is 2.60. The van der Waals surface area contributed by atoms with Crippen LogP contribution in [0, 0.1) is 0 Å². The van der Waals surface area contributed by atoms with Gasteiger partial charge in [-0.05, 0) is 56.5 Å². The van der Waals surface area contributed by atoms with E-state index in [2.05, 4.69) is 5.32 Å². The first-order valence-electron chi connectivity index (χ1n) is 8.42. The zero-order valence-corrected chi connectivity index (χ0v) is 16.9. The second-order valence-corrected chi connectivity index (χ2v) is 6.91. The van der Waals surface area contributed by atoms with Crippen molar-refractivity contribution in [3.8, 4) is 0 Å². The fourth-order valence-electron chi connectivity index (χ4n) is 2.23. The van der Waals surface area contributed by atoms with Gasteiger partial charge in [0.2, 0.25) is 0 Å². The van der Waals surface area contributed by atoms with E-state index in [1.165, 1.54) is 0 Å². The summed E-state index contributed by atoms with van der Waals surface area (Å²) in [6, 6.07) is 5.56. The van der Waals surface area contributed by atoms with Crippen molar-refractivity contribution in [3.63, 3.8) is 0 Å². The van der Waals surface area contributed by atoms with Gasteiger partial charge >= 0.3 is 5.97 Å². The van der Waals surface area contributed by atoms with E-state index in [1.807, 2.05) is 20.1 Å². The third-order valence-corrected chi connectivity index (χ3v) is 4.66. The summed E-state index contributed by atoms with van der Waals surface area (Å²) in [5.41, 5.74) is 0.399. The van der Waals surface area contributed by atoms with E-state index >= 15 is 0 Å². The number of carbonyl (C=O) groups excluding carboxylic acids is 3. The van der Waals surface area contributed by atoms with Gasteiger partial charge in [0.1, 0.15) is 6.04 Å². The minimum Gasteiger partial charge on any atom is -0.454 e. The Hall–Kier alpha value is -1.73. The smallest absolute Gasteiger partial charge is 0.329 e. The molecule has 0 spiro atoms. The van der Waals surface area contributed by atoms with Gasteiger partial charge in [-0.3, -0.25) is 9.59 Å². The molecule has 2 amide bonds. The van der Waals surface area contributed by atoms with E-state index in [-0.39, 0.29) is 18.4 Å². The number of thioether (sulfide) groups is 1. The molecular weight excluding hydrogens is 376 g/mol. The van der Waals surface area contributed by atoms with Crippen molar-refractivity contribution in [1.82, 2.24) is 10.2 Å². The molecular formula is C18H25ClN2O4S. The Morgan fingerprint density at radius 2 is 1.81 bits per heavy atom. The minimum atomic E-state index is -0.810. The SMILES string of the molecule is CCN(CC)C(=O)COC(=O)[C@@H](CCSC)NC(=O)c1ccc(Cl)cc1. The number of halogens is 1. The fourth-order valence-corrected chi connectivity index (χ4v) is 2.83. The number of ether oxygens (including phenoxy) is 1. The van der Waals surface area contributed by atoms with Gasteiger partial charge in [-0.2, -0.15) is 11.8 Å². The van der Waals surface area contributed by atoms with E-state index < -0.39 is 12.0 Å². The summed E-state index contributed by atoms with van der Waals surface area (Å²) in [6.07, 6.45) is 2.33. The molecule has 0 aliphatic rings. The Kier molecular flexibility index (Phi) is 10.1. The highest BCUT2D eigenvalue weighted by atomic mass is 35.5. The molecule has 0 radical (unpaired) electrons. The van der Waals surface area contributed by atoms with Crippen LogP contribution in [0.1, 0.15) is 30.6 Å². The molecule has 0 saturated carbocycles. The van der Waals surface area contributed by atoms with Crippen molar-refractivity contribution in [2.45, 2.75) is 26.3 Å². The number of hydrogen-bond acceptors (Lipinski definition) is 5. The van der Waals surface area contributed by atoms with E-state index in [9.17, 15) is 14.4 Å². The molecule has 0 aromatic heterocycles. The Labute approximate surface area is 163 Å². The third-order valence-electron chi connectivity index (χ3n) is 3.76. The van der Waals surface area contributed by atoms with Crippen LogP contribution in [0.3, 0.4) is 0 Å². The molecule has 0 aliphatic heterocycles. The molecule has 0 heterocycles. The standard InChI is InChI=1S/C18H25ClN2O4S/c1-4-21(5-2)16(22)12-25-18(24)15(10-11-26-3)20-17(23)13-6-8-14(19)9-7-13/h6-9,15H,4-5,10-12H2,1-3H3,(H,20,23)/t15-/m1/s1. The van der Waals surface area contributed by atoms with Crippen LogP contribution in [-0.2, 0) is 14.3 Å². The lowest BCUT2D eigenvalue weighted by molar-refractivity contribution is -0.153. The van der Waals surface area contributed by atoms with Crippen LogP contribution in [0.25, 0.3) is 0 Å². The number of esters is 1. The molecule has 0 bridgehead atoms. The molecule has 1 aromatic rings. The van der Waals surface area contributed by atoms with Crippen LogP contribution in [-0.4, -0.2) is 60.4 Å². The molecule has 1 aromatic carbocycles. The van der Waals surface area contributed by atoms with Crippen molar-refractivity contribution in [1.29, 1.82) is 0 Å². The van der Waals surface area contributed by atoms with E-state index in [0.717, 1.165) is 0 Å². The monoisotopic (exact) mass is 400 g/mol. The maximum Gasteiger partial charge on any atom is 0.329 e.